The minimum absolute atomic E-state index is 0.0244. The summed E-state index contributed by atoms with van der Waals surface area (Å²) in [5, 5.41) is 0. The number of carbonyl (C=O) groups is 2. The van der Waals surface area contributed by atoms with E-state index in [0.717, 1.165) is 57.8 Å². The fourth-order valence-corrected chi connectivity index (χ4v) is 8.28. The van der Waals surface area contributed by atoms with Crippen molar-refractivity contribution in [2.45, 2.75) is 251 Å². The molecule has 386 valence electrons. The molecule has 0 saturated carbocycles. The molecule has 0 aliphatic rings. The molecule has 1 N–H and O–H groups in total. The number of phosphoric acid groups is 1. The Bertz CT molecular complexity index is 1260. The Kier molecular flexibility index (Phi) is 46.5. The van der Waals surface area contributed by atoms with Crippen molar-refractivity contribution in [1.82, 2.24) is 0 Å². The number of esters is 2. The molecule has 0 fully saturated rings. The maximum absolute atomic E-state index is 12.8. The van der Waals surface area contributed by atoms with Crippen molar-refractivity contribution in [3.8, 4) is 0 Å². The molecule has 0 spiro atoms. The van der Waals surface area contributed by atoms with Crippen LogP contribution in [0.5, 0.6) is 0 Å². The number of unbranched alkanes of at least 4 members (excludes halogenated alkanes) is 28. The number of hydrogen-bond acceptors (Lipinski definition) is 7. The van der Waals surface area contributed by atoms with Crippen LogP contribution in [-0.2, 0) is 32.7 Å². The molecule has 0 radical (unpaired) electrons. The van der Waals surface area contributed by atoms with Gasteiger partial charge in [0.2, 0.25) is 0 Å². The van der Waals surface area contributed by atoms with Gasteiger partial charge >= 0.3 is 19.8 Å². The van der Waals surface area contributed by atoms with Crippen molar-refractivity contribution >= 4 is 19.8 Å². The van der Waals surface area contributed by atoms with Crippen LogP contribution < -0.4 is 0 Å². The summed E-state index contributed by atoms with van der Waals surface area (Å²) in [5.74, 6) is -0.847. The first-order chi connectivity index (χ1) is 32.0. The van der Waals surface area contributed by atoms with Crippen molar-refractivity contribution < 1.29 is 42.1 Å². The summed E-state index contributed by atoms with van der Waals surface area (Å²) in [6, 6.07) is 0. The average Bonchev–Trinajstić information content (AvgIpc) is 3.27. The van der Waals surface area contributed by atoms with Gasteiger partial charge in [-0.3, -0.25) is 18.6 Å². The summed E-state index contributed by atoms with van der Waals surface area (Å²) in [6.45, 7) is 4.38. The Morgan fingerprint density at radius 3 is 1.33 bits per heavy atom. The SMILES string of the molecule is CCCCC/C=C/C/C=C/CCCCCCCCCCCC(=O)O[C@H](COC(=O)CCC/C=C/CC/C=C/CCCCCCCCCCCCCCCC)COP(=O)(O)OCC[N+](C)(C)C. The molecule has 0 aliphatic carbocycles. The summed E-state index contributed by atoms with van der Waals surface area (Å²) < 4.78 is 34.5. The molecular formula is C56H105NO8P+. The maximum Gasteiger partial charge on any atom is 0.472 e. The van der Waals surface area contributed by atoms with Crippen molar-refractivity contribution in [2.24, 2.45) is 0 Å². The second-order valence-electron chi connectivity index (χ2n) is 19.6. The van der Waals surface area contributed by atoms with Gasteiger partial charge in [0.1, 0.15) is 19.8 Å². The van der Waals surface area contributed by atoms with Crippen molar-refractivity contribution in [2.75, 3.05) is 47.5 Å². The number of nitrogens with zero attached hydrogens (tertiary/aromatic N) is 1. The highest BCUT2D eigenvalue weighted by atomic mass is 31.2. The maximum atomic E-state index is 12.8. The number of quaternary nitrogens is 1. The molecule has 10 heteroatoms. The lowest BCUT2D eigenvalue weighted by molar-refractivity contribution is -0.870. The molecule has 0 bridgehead atoms. The summed E-state index contributed by atoms with van der Waals surface area (Å²) in [4.78, 5) is 35.6. The van der Waals surface area contributed by atoms with E-state index in [2.05, 4.69) is 62.5 Å². The fourth-order valence-electron chi connectivity index (χ4n) is 7.54. The van der Waals surface area contributed by atoms with E-state index < -0.39 is 32.5 Å². The molecular weight excluding hydrogens is 846 g/mol. The third kappa shape index (κ3) is 51.4. The van der Waals surface area contributed by atoms with Gasteiger partial charge < -0.3 is 18.9 Å². The molecule has 0 rings (SSSR count). The standard InChI is InChI=1S/C56H104NO8P/c1-6-8-10-12-14-16-18-20-22-24-26-27-28-29-31-32-34-36-38-40-42-44-46-48-55(58)62-52-54(53-64-66(60,61)63-51-50-57(3,4)5)65-56(59)49-47-45-43-41-39-37-35-33-30-25-23-21-19-17-15-13-11-9-7-2/h15,17,21,23,32,34,40,42,54H,6-14,16,18-20,22,24-31,33,35-39,41,43-53H2,1-5H3/p+1/b17-15+,23-21+,34-32+,42-40+/t54-/m1/s1. The molecule has 0 aliphatic heterocycles. The number of hydrogen-bond donors (Lipinski definition) is 1. The van der Waals surface area contributed by atoms with Crippen LogP contribution in [0, 0.1) is 0 Å². The Balaban J connectivity index is 4.26. The molecule has 0 aromatic heterocycles. The Morgan fingerprint density at radius 2 is 0.848 bits per heavy atom. The molecule has 66 heavy (non-hydrogen) atoms. The van der Waals surface area contributed by atoms with E-state index in [1.54, 1.807) is 0 Å². The van der Waals surface area contributed by atoms with E-state index in [9.17, 15) is 19.0 Å². The van der Waals surface area contributed by atoms with Crippen LogP contribution in [0.25, 0.3) is 0 Å². The first-order valence-corrected chi connectivity index (χ1v) is 28.9. The van der Waals surface area contributed by atoms with Crippen LogP contribution in [-0.4, -0.2) is 74.9 Å². The lowest BCUT2D eigenvalue weighted by Gasteiger charge is -2.24. The zero-order valence-electron chi connectivity index (χ0n) is 43.7. The quantitative estimate of drug-likeness (QED) is 0.0211. The predicted molar refractivity (Wildman–Crippen MR) is 280 cm³/mol. The Morgan fingerprint density at radius 1 is 0.470 bits per heavy atom. The Hall–Kier alpha value is -2.03. The molecule has 9 nitrogen and oxygen atoms in total. The van der Waals surface area contributed by atoms with Gasteiger partial charge in [0, 0.05) is 12.8 Å². The first kappa shape index (κ1) is 64.0. The smallest absolute Gasteiger partial charge is 0.462 e. The highest BCUT2D eigenvalue weighted by Gasteiger charge is 2.27. The van der Waals surface area contributed by atoms with Crippen LogP contribution in [0.4, 0.5) is 0 Å². The van der Waals surface area contributed by atoms with E-state index in [1.165, 1.54) is 148 Å². The highest BCUT2D eigenvalue weighted by Crippen LogP contribution is 2.43. The minimum Gasteiger partial charge on any atom is -0.462 e. The second kappa shape index (κ2) is 48.0. The largest absolute Gasteiger partial charge is 0.472 e. The van der Waals surface area contributed by atoms with Crippen molar-refractivity contribution in [3.05, 3.63) is 48.6 Å². The van der Waals surface area contributed by atoms with Gasteiger partial charge in [-0.05, 0) is 77.0 Å². The van der Waals surface area contributed by atoms with Crippen molar-refractivity contribution in [3.63, 3.8) is 0 Å². The molecule has 1 unspecified atom stereocenters. The minimum atomic E-state index is -4.39. The van der Waals surface area contributed by atoms with Gasteiger partial charge in [0.05, 0.1) is 27.7 Å². The molecule has 2 atom stereocenters. The normalized spacial score (nSPS) is 13.7. The molecule has 0 saturated heterocycles. The zero-order valence-corrected chi connectivity index (χ0v) is 44.6. The van der Waals surface area contributed by atoms with Crippen LogP contribution in [0.2, 0.25) is 0 Å². The monoisotopic (exact) mass is 951 g/mol. The number of allylic oxidation sites excluding steroid dienone is 8. The fraction of sp³-hybridized carbons (Fsp3) is 0.821. The van der Waals surface area contributed by atoms with Gasteiger partial charge in [-0.15, -0.1) is 0 Å². The lowest BCUT2D eigenvalue weighted by atomic mass is 10.0. The van der Waals surface area contributed by atoms with Gasteiger partial charge in [-0.2, -0.15) is 0 Å². The summed E-state index contributed by atoms with van der Waals surface area (Å²) in [7, 11) is 1.46. The summed E-state index contributed by atoms with van der Waals surface area (Å²) in [5.41, 5.74) is 0. The van der Waals surface area contributed by atoms with E-state index in [-0.39, 0.29) is 26.1 Å². The summed E-state index contributed by atoms with van der Waals surface area (Å²) >= 11 is 0. The average molecular weight is 951 g/mol. The molecule has 0 aromatic rings. The Labute approximate surface area is 407 Å². The predicted octanol–water partition coefficient (Wildman–Crippen LogP) is 16.6. The van der Waals surface area contributed by atoms with E-state index in [1.807, 2.05) is 21.1 Å². The molecule has 0 heterocycles. The molecule has 0 aromatic carbocycles. The van der Waals surface area contributed by atoms with Gasteiger partial charge in [-0.25, -0.2) is 4.57 Å². The third-order valence-corrected chi connectivity index (χ3v) is 12.8. The van der Waals surface area contributed by atoms with Crippen LogP contribution in [0.3, 0.4) is 0 Å². The van der Waals surface area contributed by atoms with Crippen LogP contribution in [0.1, 0.15) is 245 Å². The number of rotatable bonds is 50. The zero-order chi connectivity index (χ0) is 48.5. The van der Waals surface area contributed by atoms with Crippen molar-refractivity contribution in [1.29, 1.82) is 0 Å². The van der Waals surface area contributed by atoms with E-state index in [4.69, 9.17) is 18.5 Å². The second-order valence-corrected chi connectivity index (χ2v) is 21.1. The highest BCUT2D eigenvalue weighted by molar-refractivity contribution is 7.47. The number of likely N-dealkylation sites (N-methyl/N-ethyl adjacent to an activating group) is 1. The lowest BCUT2D eigenvalue weighted by Crippen LogP contribution is -2.37. The first-order valence-electron chi connectivity index (χ1n) is 27.4. The van der Waals surface area contributed by atoms with E-state index in [0.29, 0.717) is 23.9 Å². The third-order valence-electron chi connectivity index (χ3n) is 11.8. The number of carbonyl (C=O) groups excluding carboxylic acids is 2. The van der Waals surface area contributed by atoms with Gasteiger partial charge in [-0.1, -0.05) is 204 Å². The number of phosphoric ester groups is 1. The van der Waals surface area contributed by atoms with E-state index >= 15 is 0 Å². The summed E-state index contributed by atoms with van der Waals surface area (Å²) in [6.07, 6.45) is 58.9. The topological polar surface area (TPSA) is 108 Å². The van der Waals surface area contributed by atoms with Crippen LogP contribution in [0.15, 0.2) is 48.6 Å². The van der Waals surface area contributed by atoms with Gasteiger partial charge in [0.25, 0.3) is 0 Å². The van der Waals surface area contributed by atoms with Gasteiger partial charge in [0.15, 0.2) is 6.10 Å². The number of ether oxygens (including phenoxy) is 2. The van der Waals surface area contributed by atoms with Crippen LogP contribution >= 0.6 is 7.82 Å². The molecule has 0 amide bonds.